The van der Waals surface area contributed by atoms with Crippen molar-refractivity contribution in [2.75, 3.05) is 0 Å². The van der Waals surface area contributed by atoms with Crippen LogP contribution in [-0.2, 0) is 0 Å². The molecule has 11 heavy (non-hydrogen) atoms. The molecule has 0 spiro atoms. The van der Waals surface area contributed by atoms with Crippen LogP contribution in [0.15, 0.2) is 18.2 Å². The Morgan fingerprint density at radius 1 is 1.45 bits per heavy atom. The smallest absolute Gasteiger partial charge is 0.140 e. The first-order chi connectivity index (χ1) is 5.40. The lowest BCUT2D eigenvalue weighted by Crippen LogP contribution is -1.88. The molecule has 0 N–H and O–H groups in total. The van der Waals surface area contributed by atoms with Gasteiger partial charge in [0.25, 0.3) is 0 Å². The minimum Gasteiger partial charge on any atom is -0.242 e. The van der Waals surface area contributed by atoms with Gasteiger partial charge in [-0.3, -0.25) is 0 Å². The zero-order valence-electron chi connectivity index (χ0n) is 6.12. The zero-order chi connectivity index (χ0) is 7.68. The summed E-state index contributed by atoms with van der Waals surface area (Å²) < 4.78 is 0. The van der Waals surface area contributed by atoms with Crippen LogP contribution in [0.4, 0.5) is 0 Å². The first-order valence-electron chi connectivity index (χ1n) is 3.77. The zero-order valence-corrected chi connectivity index (χ0v) is 6.12. The standard InChI is InChI=1S/C9H8N2/c10-6-8-2-1-3-9(11-8)7-4-5-7/h1-3,7H,4-5H2. The molecule has 0 radical (unpaired) electrons. The molecule has 0 amide bonds. The van der Waals surface area contributed by atoms with Gasteiger partial charge in [0.05, 0.1) is 0 Å². The average Bonchev–Trinajstić information content (AvgIpc) is 2.87. The maximum atomic E-state index is 8.55. The first kappa shape index (κ1) is 6.36. The molecule has 1 saturated carbocycles. The molecule has 54 valence electrons. The van der Waals surface area contributed by atoms with Crippen LogP contribution in [0.5, 0.6) is 0 Å². The second-order valence-electron chi connectivity index (χ2n) is 2.83. The van der Waals surface area contributed by atoms with Crippen LogP contribution in [0.3, 0.4) is 0 Å². The number of rotatable bonds is 1. The van der Waals surface area contributed by atoms with Crippen molar-refractivity contribution in [3.63, 3.8) is 0 Å². The largest absolute Gasteiger partial charge is 0.242 e. The molecule has 2 heteroatoms. The van der Waals surface area contributed by atoms with E-state index in [1.807, 2.05) is 18.2 Å². The number of aromatic nitrogens is 1. The van der Waals surface area contributed by atoms with E-state index < -0.39 is 0 Å². The van der Waals surface area contributed by atoms with Crippen molar-refractivity contribution in [1.29, 1.82) is 5.26 Å². The third kappa shape index (κ3) is 1.22. The van der Waals surface area contributed by atoms with Crippen LogP contribution in [0.1, 0.15) is 30.1 Å². The van der Waals surface area contributed by atoms with Gasteiger partial charge >= 0.3 is 0 Å². The molecule has 1 aliphatic carbocycles. The van der Waals surface area contributed by atoms with Gasteiger partial charge in [-0.05, 0) is 25.0 Å². The van der Waals surface area contributed by atoms with Gasteiger partial charge in [-0.1, -0.05) is 6.07 Å². The lowest BCUT2D eigenvalue weighted by molar-refractivity contribution is 1.01. The van der Waals surface area contributed by atoms with E-state index in [-0.39, 0.29) is 0 Å². The third-order valence-corrected chi connectivity index (χ3v) is 1.88. The maximum Gasteiger partial charge on any atom is 0.140 e. The fourth-order valence-electron chi connectivity index (χ4n) is 1.12. The van der Waals surface area contributed by atoms with Crippen molar-refractivity contribution in [1.82, 2.24) is 4.98 Å². The molecule has 0 atom stereocenters. The fourth-order valence-corrected chi connectivity index (χ4v) is 1.12. The summed E-state index contributed by atoms with van der Waals surface area (Å²) in [7, 11) is 0. The summed E-state index contributed by atoms with van der Waals surface area (Å²) >= 11 is 0. The Balaban J connectivity index is 2.35. The van der Waals surface area contributed by atoms with Gasteiger partial charge in [0.15, 0.2) is 0 Å². The predicted molar refractivity (Wildman–Crippen MR) is 40.9 cm³/mol. The Labute approximate surface area is 65.5 Å². The van der Waals surface area contributed by atoms with Crippen molar-refractivity contribution >= 4 is 0 Å². The van der Waals surface area contributed by atoms with E-state index in [9.17, 15) is 0 Å². The van der Waals surface area contributed by atoms with E-state index in [0.717, 1.165) is 5.69 Å². The Morgan fingerprint density at radius 3 is 2.91 bits per heavy atom. The molecule has 1 aliphatic rings. The van der Waals surface area contributed by atoms with Gasteiger partial charge in [0.1, 0.15) is 11.8 Å². The number of hydrogen-bond acceptors (Lipinski definition) is 2. The summed E-state index contributed by atoms with van der Waals surface area (Å²) in [5.74, 6) is 0.642. The fraction of sp³-hybridized carbons (Fsp3) is 0.333. The summed E-state index contributed by atoms with van der Waals surface area (Å²) in [6, 6.07) is 7.68. The van der Waals surface area contributed by atoms with Crippen LogP contribution < -0.4 is 0 Å². The van der Waals surface area contributed by atoms with Gasteiger partial charge in [-0.15, -0.1) is 0 Å². The van der Waals surface area contributed by atoms with Gasteiger partial charge in [0.2, 0.25) is 0 Å². The molecule has 0 saturated heterocycles. The van der Waals surface area contributed by atoms with E-state index in [1.165, 1.54) is 12.8 Å². The van der Waals surface area contributed by atoms with Crippen molar-refractivity contribution in [3.05, 3.63) is 29.6 Å². The molecule has 0 bridgehead atoms. The van der Waals surface area contributed by atoms with Gasteiger partial charge in [0, 0.05) is 11.6 Å². The minimum atomic E-state index is 0.536. The molecule has 1 aromatic rings. The molecule has 1 aromatic heterocycles. The van der Waals surface area contributed by atoms with Crippen LogP contribution in [-0.4, -0.2) is 4.98 Å². The summed E-state index contributed by atoms with van der Waals surface area (Å²) in [5, 5.41) is 8.55. The number of pyridine rings is 1. The third-order valence-electron chi connectivity index (χ3n) is 1.88. The average molecular weight is 144 g/mol. The Hall–Kier alpha value is -1.36. The molecule has 0 aromatic carbocycles. The number of hydrogen-bond donors (Lipinski definition) is 0. The van der Waals surface area contributed by atoms with E-state index in [0.29, 0.717) is 11.6 Å². The summed E-state index contributed by atoms with van der Waals surface area (Å²) in [5.41, 5.74) is 1.62. The molecule has 1 heterocycles. The lowest BCUT2D eigenvalue weighted by Gasteiger charge is -1.94. The minimum absolute atomic E-state index is 0.536. The van der Waals surface area contributed by atoms with Crippen LogP contribution in [0, 0.1) is 11.3 Å². The maximum absolute atomic E-state index is 8.55. The SMILES string of the molecule is N#Cc1cccc(C2CC2)n1. The second kappa shape index (κ2) is 2.35. The number of nitrogens with zero attached hydrogens (tertiary/aromatic N) is 2. The highest BCUT2D eigenvalue weighted by atomic mass is 14.7. The van der Waals surface area contributed by atoms with Crippen molar-refractivity contribution in [2.24, 2.45) is 0 Å². The monoisotopic (exact) mass is 144 g/mol. The normalized spacial score (nSPS) is 15.9. The van der Waals surface area contributed by atoms with Crippen molar-refractivity contribution < 1.29 is 0 Å². The van der Waals surface area contributed by atoms with Gasteiger partial charge in [-0.25, -0.2) is 4.98 Å². The Bertz CT molecular complexity index is 308. The molecule has 2 rings (SSSR count). The van der Waals surface area contributed by atoms with Gasteiger partial charge in [-0.2, -0.15) is 5.26 Å². The van der Waals surface area contributed by atoms with E-state index in [4.69, 9.17) is 5.26 Å². The quantitative estimate of drug-likeness (QED) is 0.603. The molecular weight excluding hydrogens is 136 g/mol. The highest BCUT2D eigenvalue weighted by Gasteiger charge is 2.24. The highest BCUT2D eigenvalue weighted by molar-refractivity contribution is 5.25. The van der Waals surface area contributed by atoms with Crippen molar-refractivity contribution in [3.8, 4) is 6.07 Å². The topological polar surface area (TPSA) is 36.7 Å². The van der Waals surface area contributed by atoms with Crippen molar-refractivity contribution in [2.45, 2.75) is 18.8 Å². The molecular formula is C9H8N2. The molecule has 1 fully saturated rings. The summed E-state index contributed by atoms with van der Waals surface area (Å²) in [6.45, 7) is 0. The second-order valence-corrected chi connectivity index (χ2v) is 2.83. The molecule has 2 nitrogen and oxygen atoms in total. The Morgan fingerprint density at radius 2 is 2.27 bits per heavy atom. The molecule has 0 unspecified atom stereocenters. The van der Waals surface area contributed by atoms with Crippen LogP contribution in [0.25, 0.3) is 0 Å². The molecule has 0 aliphatic heterocycles. The van der Waals surface area contributed by atoms with E-state index in [2.05, 4.69) is 4.98 Å². The van der Waals surface area contributed by atoms with E-state index >= 15 is 0 Å². The van der Waals surface area contributed by atoms with E-state index in [1.54, 1.807) is 6.07 Å². The summed E-state index contributed by atoms with van der Waals surface area (Å²) in [6.07, 6.45) is 2.48. The van der Waals surface area contributed by atoms with Crippen LogP contribution >= 0.6 is 0 Å². The van der Waals surface area contributed by atoms with Gasteiger partial charge < -0.3 is 0 Å². The first-order valence-corrected chi connectivity index (χ1v) is 3.77. The number of nitriles is 1. The Kier molecular flexibility index (Phi) is 1.36. The lowest BCUT2D eigenvalue weighted by atomic mass is 10.2. The summed E-state index contributed by atoms with van der Waals surface area (Å²) in [4.78, 5) is 4.19. The van der Waals surface area contributed by atoms with Crippen LogP contribution in [0.2, 0.25) is 0 Å². The highest BCUT2D eigenvalue weighted by Crippen LogP contribution is 2.38. The predicted octanol–water partition coefficient (Wildman–Crippen LogP) is 1.83.